The Balaban J connectivity index is 1.62. The minimum absolute atomic E-state index is 0.0799. The molecule has 2 heterocycles. The number of methoxy groups -OCH3 is 1. The summed E-state index contributed by atoms with van der Waals surface area (Å²) in [6.07, 6.45) is 0. The van der Waals surface area contributed by atoms with Crippen molar-refractivity contribution in [2.45, 2.75) is 17.8 Å². The van der Waals surface area contributed by atoms with Crippen LogP contribution in [0.5, 0.6) is 11.5 Å². The SMILES string of the molecule is COc1ccc(-c2nnc(SCc3cc(=O)oc4c(C)c(O)ccc34)n2N)cc1. The van der Waals surface area contributed by atoms with E-state index in [9.17, 15) is 9.90 Å². The first-order valence-electron chi connectivity index (χ1n) is 8.71. The second kappa shape index (κ2) is 7.51. The number of phenolic OH excluding ortho intramolecular Hbond substituents is 1. The van der Waals surface area contributed by atoms with Gasteiger partial charge >= 0.3 is 5.63 Å². The number of aromatic nitrogens is 3. The van der Waals surface area contributed by atoms with Crippen LogP contribution in [0.1, 0.15) is 11.1 Å². The Morgan fingerprint density at radius 2 is 1.97 bits per heavy atom. The van der Waals surface area contributed by atoms with E-state index in [1.807, 2.05) is 24.3 Å². The number of nitrogen functional groups attached to an aromatic ring is 1. The molecule has 0 radical (unpaired) electrons. The van der Waals surface area contributed by atoms with Crippen LogP contribution in [0.4, 0.5) is 0 Å². The van der Waals surface area contributed by atoms with Gasteiger partial charge in [-0.15, -0.1) is 10.2 Å². The molecule has 4 aromatic rings. The minimum Gasteiger partial charge on any atom is -0.508 e. The molecule has 2 aromatic carbocycles. The molecule has 29 heavy (non-hydrogen) atoms. The summed E-state index contributed by atoms with van der Waals surface area (Å²) in [7, 11) is 1.60. The van der Waals surface area contributed by atoms with Crippen molar-refractivity contribution in [1.82, 2.24) is 14.9 Å². The van der Waals surface area contributed by atoms with E-state index >= 15 is 0 Å². The van der Waals surface area contributed by atoms with Crippen molar-refractivity contribution in [1.29, 1.82) is 0 Å². The van der Waals surface area contributed by atoms with Crippen LogP contribution in [0.2, 0.25) is 0 Å². The zero-order chi connectivity index (χ0) is 20.5. The second-order valence-electron chi connectivity index (χ2n) is 6.37. The van der Waals surface area contributed by atoms with Crippen LogP contribution in [0.25, 0.3) is 22.4 Å². The molecule has 3 N–H and O–H groups in total. The molecule has 0 aliphatic heterocycles. The number of aryl methyl sites for hydroxylation is 1. The normalized spacial score (nSPS) is 11.1. The number of aromatic hydroxyl groups is 1. The highest BCUT2D eigenvalue weighted by Gasteiger charge is 2.15. The van der Waals surface area contributed by atoms with Gasteiger partial charge in [-0.05, 0) is 48.9 Å². The number of ether oxygens (including phenoxy) is 1. The number of nitrogens with two attached hydrogens (primary N) is 1. The minimum atomic E-state index is -0.477. The van der Waals surface area contributed by atoms with Gasteiger partial charge in [-0.1, -0.05) is 11.8 Å². The summed E-state index contributed by atoms with van der Waals surface area (Å²) in [5.74, 6) is 7.96. The van der Waals surface area contributed by atoms with Crippen LogP contribution in [0.3, 0.4) is 0 Å². The largest absolute Gasteiger partial charge is 0.508 e. The molecule has 0 saturated heterocycles. The smallest absolute Gasteiger partial charge is 0.336 e. The fourth-order valence-electron chi connectivity index (χ4n) is 2.99. The number of phenols is 1. The number of rotatable bonds is 5. The monoisotopic (exact) mass is 410 g/mol. The molecule has 0 fully saturated rings. The second-order valence-corrected chi connectivity index (χ2v) is 7.31. The fourth-order valence-corrected chi connectivity index (χ4v) is 3.84. The third-order valence-electron chi connectivity index (χ3n) is 4.59. The molecule has 0 unspecified atom stereocenters. The molecule has 148 valence electrons. The van der Waals surface area contributed by atoms with Crippen LogP contribution in [-0.2, 0) is 5.75 Å². The predicted molar refractivity (Wildman–Crippen MR) is 111 cm³/mol. The average molecular weight is 410 g/mol. The molecule has 2 aromatic heterocycles. The molecule has 0 bridgehead atoms. The van der Waals surface area contributed by atoms with Gasteiger partial charge in [0.2, 0.25) is 5.16 Å². The summed E-state index contributed by atoms with van der Waals surface area (Å²) in [5, 5.41) is 19.5. The first-order chi connectivity index (χ1) is 14.0. The Labute approximate surface area is 169 Å². The van der Waals surface area contributed by atoms with Gasteiger partial charge < -0.3 is 20.1 Å². The lowest BCUT2D eigenvalue weighted by Gasteiger charge is -2.08. The third kappa shape index (κ3) is 3.52. The molecular weight excluding hydrogens is 392 g/mol. The highest BCUT2D eigenvalue weighted by Crippen LogP contribution is 2.31. The van der Waals surface area contributed by atoms with Crippen LogP contribution >= 0.6 is 11.8 Å². The molecule has 0 aliphatic rings. The predicted octanol–water partition coefficient (Wildman–Crippen LogP) is 3.08. The van der Waals surface area contributed by atoms with E-state index in [4.69, 9.17) is 15.0 Å². The first-order valence-corrected chi connectivity index (χ1v) is 9.69. The maximum absolute atomic E-state index is 12.0. The average Bonchev–Trinajstić information content (AvgIpc) is 3.09. The van der Waals surface area contributed by atoms with Crippen LogP contribution in [0, 0.1) is 6.92 Å². The quantitative estimate of drug-likeness (QED) is 0.293. The van der Waals surface area contributed by atoms with Gasteiger partial charge in [-0.25, -0.2) is 9.47 Å². The molecule has 0 saturated carbocycles. The molecule has 4 rings (SSSR count). The molecule has 0 aliphatic carbocycles. The molecule has 0 spiro atoms. The lowest BCUT2D eigenvalue weighted by molar-refractivity contribution is 0.415. The number of hydrogen-bond acceptors (Lipinski definition) is 8. The van der Waals surface area contributed by atoms with Gasteiger partial charge in [0.1, 0.15) is 17.1 Å². The maximum atomic E-state index is 12.0. The van der Waals surface area contributed by atoms with Crippen molar-refractivity contribution in [2.75, 3.05) is 13.0 Å². The van der Waals surface area contributed by atoms with Crippen molar-refractivity contribution in [3.8, 4) is 22.9 Å². The lowest BCUT2D eigenvalue weighted by atomic mass is 10.1. The third-order valence-corrected chi connectivity index (χ3v) is 5.58. The summed E-state index contributed by atoms with van der Waals surface area (Å²) >= 11 is 1.35. The zero-order valence-corrected chi connectivity index (χ0v) is 16.6. The Morgan fingerprint density at radius 3 is 2.69 bits per heavy atom. The summed E-state index contributed by atoms with van der Waals surface area (Å²) in [6, 6.07) is 12.1. The summed E-state index contributed by atoms with van der Waals surface area (Å²) < 4.78 is 11.9. The Morgan fingerprint density at radius 1 is 1.21 bits per heavy atom. The highest BCUT2D eigenvalue weighted by atomic mass is 32.2. The van der Waals surface area contributed by atoms with Crippen molar-refractivity contribution >= 4 is 22.7 Å². The van der Waals surface area contributed by atoms with Gasteiger partial charge in [-0.3, -0.25) is 0 Å². The summed E-state index contributed by atoms with van der Waals surface area (Å²) in [4.78, 5) is 12.0. The van der Waals surface area contributed by atoms with Crippen LogP contribution < -0.4 is 16.2 Å². The molecule has 8 nitrogen and oxygen atoms in total. The first kappa shape index (κ1) is 18.9. The van der Waals surface area contributed by atoms with Gasteiger partial charge in [-0.2, -0.15) is 0 Å². The van der Waals surface area contributed by atoms with E-state index < -0.39 is 5.63 Å². The maximum Gasteiger partial charge on any atom is 0.336 e. The topological polar surface area (TPSA) is 116 Å². The Hall–Kier alpha value is -3.46. The molecule has 9 heteroatoms. The van der Waals surface area contributed by atoms with Gasteiger partial charge in [0, 0.05) is 28.3 Å². The van der Waals surface area contributed by atoms with Crippen molar-refractivity contribution < 1.29 is 14.3 Å². The number of benzene rings is 2. The summed E-state index contributed by atoms with van der Waals surface area (Å²) in [6.45, 7) is 1.70. The number of fused-ring (bicyclic) bond motifs is 1. The number of nitrogens with zero attached hydrogens (tertiary/aromatic N) is 3. The Kier molecular flexibility index (Phi) is 4.89. The van der Waals surface area contributed by atoms with Crippen molar-refractivity contribution in [3.63, 3.8) is 0 Å². The van der Waals surface area contributed by atoms with Crippen molar-refractivity contribution in [2.24, 2.45) is 0 Å². The highest BCUT2D eigenvalue weighted by molar-refractivity contribution is 7.98. The van der Waals surface area contributed by atoms with Crippen molar-refractivity contribution in [3.05, 3.63) is 64.0 Å². The van der Waals surface area contributed by atoms with Gasteiger partial charge in [0.15, 0.2) is 5.82 Å². The van der Waals surface area contributed by atoms with Crippen LogP contribution in [-0.4, -0.2) is 27.1 Å². The number of thioether (sulfide) groups is 1. The molecule has 0 amide bonds. The lowest BCUT2D eigenvalue weighted by Crippen LogP contribution is -2.11. The van der Waals surface area contributed by atoms with E-state index in [-0.39, 0.29) is 5.75 Å². The van der Waals surface area contributed by atoms with E-state index in [1.165, 1.54) is 22.5 Å². The van der Waals surface area contributed by atoms with E-state index in [0.29, 0.717) is 27.9 Å². The molecule has 0 atom stereocenters. The fraction of sp³-hybridized carbons (Fsp3) is 0.150. The van der Waals surface area contributed by atoms with E-state index in [0.717, 1.165) is 22.3 Å². The van der Waals surface area contributed by atoms with Gasteiger partial charge in [0.25, 0.3) is 0 Å². The van der Waals surface area contributed by atoms with Crippen LogP contribution in [0.15, 0.2) is 56.8 Å². The van der Waals surface area contributed by atoms with E-state index in [2.05, 4.69) is 10.2 Å². The zero-order valence-electron chi connectivity index (χ0n) is 15.7. The summed E-state index contributed by atoms with van der Waals surface area (Å²) in [5.41, 5.74) is 1.99. The van der Waals surface area contributed by atoms with Gasteiger partial charge in [0.05, 0.1) is 7.11 Å². The van der Waals surface area contributed by atoms with E-state index in [1.54, 1.807) is 26.2 Å². The number of hydrogen-bond donors (Lipinski definition) is 2. The molecular formula is C20H18N4O4S. The Bertz CT molecular complexity index is 1250. The standard InChI is InChI=1S/C20H18N4O4S/c1-11-16(25)8-7-15-13(9-17(26)28-18(11)15)10-29-20-23-22-19(24(20)21)12-3-5-14(27-2)6-4-12/h3-9,25H,10,21H2,1-2H3.